The summed E-state index contributed by atoms with van der Waals surface area (Å²) in [6.45, 7) is 0. The molecule has 2 N–H and O–H groups in total. The first-order valence-electron chi connectivity index (χ1n) is 3.56. The Labute approximate surface area is 68.6 Å². The molecule has 12 heavy (non-hydrogen) atoms. The average Bonchev–Trinajstić information content (AvgIpc) is 2.46. The second-order valence-corrected chi connectivity index (χ2v) is 2.59. The number of hydrogen-bond donors (Lipinski definition) is 2. The number of rotatable bonds is 1. The van der Waals surface area contributed by atoms with E-state index in [0.717, 1.165) is 17.1 Å². The maximum Gasteiger partial charge on any atom is 0.166 e. The number of phenols is 1. The molecule has 1 aromatic carbocycles. The highest BCUT2D eigenvalue weighted by atomic mass is 16.3. The van der Waals surface area contributed by atoms with Crippen LogP contribution >= 0.6 is 0 Å². The molecule has 0 fully saturated rings. The van der Waals surface area contributed by atoms with Gasteiger partial charge in [0.1, 0.15) is 5.75 Å². The lowest BCUT2D eigenvalue weighted by atomic mass is 10.2. The first kappa shape index (κ1) is 6.91. The number of aromatic nitrogens is 1. The van der Waals surface area contributed by atoms with Crippen molar-refractivity contribution in [1.29, 1.82) is 0 Å². The number of benzene rings is 1. The third-order valence-corrected chi connectivity index (χ3v) is 1.83. The minimum absolute atomic E-state index is 0.207. The molecule has 0 bridgehead atoms. The Bertz CT molecular complexity index is 431. The van der Waals surface area contributed by atoms with Gasteiger partial charge in [-0.05, 0) is 18.2 Å². The summed E-state index contributed by atoms with van der Waals surface area (Å²) in [5.74, 6) is 0.207. The van der Waals surface area contributed by atoms with E-state index in [0.29, 0.717) is 5.69 Å². The van der Waals surface area contributed by atoms with Crippen LogP contribution in [0.4, 0.5) is 0 Å². The van der Waals surface area contributed by atoms with E-state index in [2.05, 4.69) is 4.98 Å². The summed E-state index contributed by atoms with van der Waals surface area (Å²) >= 11 is 0. The molecule has 0 unspecified atom stereocenters. The third-order valence-electron chi connectivity index (χ3n) is 1.83. The highest BCUT2D eigenvalue weighted by Gasteiger charge is 2.01. The zero-order valence-corrected chi connectivity index (χ0v) is 6.24. The molecule has 1 aromatic heterocycles. The first-order chi connectivity index (χ1) is 5.81. The molecule has 0 radical (unpaired) electrons. The van der Waals surface area contributed by atoms with Crippen LogP contribution < -0.4 is 0 Å². The molecule has 0 atom stereocenters. The minimum Gasteiger partial charge on any atom is -0.508 e. The summed E-state index contributed by atoms with van der Waals surface area (Å²) in [7, 11) is 0. The highest BCUT2D eigenvalue weighted by molar-refractivity contribution is 5.97. The second-order valence-electron chi connectivity index (χ2n) is 2.59. The van der Waals surface area contributed by atoms with Gasteiger partial charge in [0, 0.05) is 17.0 Å². The highest BCUT2D eigenvalue weighted by Crippen LogP contribution is 2.21. The Morgan fingerprint density at radius 2 is 2.25 bits per heavy atom. The van der Waals surface area contributed by atoms with Gasteiger partial charge in [-0.2, -0.15) is 0 Å². The zero-order chi connectivity index (χ0) is 8.55. The number of H-pyrrole nitrogens is 1. The lowest BCUT2D eigenvalue weighted by molar-refractivity contribution is 0.112. The van der Waals surface area contributed by atoms with Crippen molar-refractivity contribution >= 4 is 17.1 Å². The number of hydrogen-bond acceptors (Lipinski definition) is 2. The molecule has 1 heterocycles. The van der Waals surface area contributed by atoms with Crippen molar-refractivity contribution in [2.75, 3.05) is 0 Å². The van der Waals surface area contributed by atoms with Crippen molar-refractivity contribution in [2.24, 2.45) is 0 Å². The van der Waals surface area contributed by atoms with E-state index in [9.17, 15) is 4.79 Å². The van der Waals surface area contributed by atoms with Crippen LogP contribution in [0.25, 0.3) is 10.8 Å². The fourth-order valence-electron chi connectivity index (χ4n) is 1.25. The van der Waals surface area contributed by atoms with Gasteiger partial charge in [-0.1, -0.05) is 0 Å². The van der Waals surface area contributed by atoms with Crippen molar-refractivity contribution in [3.63, 3.8) is 0 Å². The van der Waals surface area contributed by atoms with Crippen LogP contribution in [-0.4, -0.2) is 16.4 Å². The van der Waals surface area contributed by atoms with Gasteiger partial charge >= 0.3 is 0 Å². The molecular weight excluding hydrogens is 154 g/mol. The number of carbonyl (C=O) groups is 1. The van der Waals surface area contributed by atoms with Crippen molar-refractivity contribution in [3.8, 4) is 5.75 Å². The van der Waals surface area contributed by atoms with Gasteiger partial charge in [-0.3, -0.25) is 4.79 Å². The molecule has 0 aliphatic rings. The van der Waals surface area contributed by atoms with Crippen LogP contribution in [0.5, 0.6) is 5.75 Å². The Morgan fingerprint density at radius 1 is 1.42 bits per heavy atom. The lowest BCUT2D eigenvalue weighted by Gasteiger charge is -1.91. The van der Waals surface area contributed by atoms with Gasteiger partial charge in [0.15, 0.2) is 6.29 Å². The van der Waals surface area contributed by atoms with Gasteiger partial charge in [0.25, 0.3) is 0 Å². The number of fused-ring (bicyclic) bond motifs is 1. The first-order valence-corrected chi connectivity index (χ1v) is 3.56. The van der Waals surface area contributed by atoms with E-state index in [1.165, 1.54) is 0 Å². The fourth-order valence-corrected chi connectivity index (χ4v) is 1.25. The van der Waals surface area contributed by atoms with Crippen molar-refractivity contribution in [1.82, 2.24) is 4.98 Å². The molecule has 0 saturated carbocycles. The van der Waals surface area contributed by atoms with Crippen LogP contribution in [-0.2, 0) is 0 Å². The lowest BCUT2D eigenvalue weighted by Crippen LogP contribution is -1.77. The third kappa shape index (κ3) is 0.871. The fraction of sp³-hybridized carbons (Fsp3) is 0. The topological polar surface area (TPSA) is 53.1 Å². The molecule has 0 spiro atoms. The molecule has 0 saturated heterocycles. The standard InChI is InChI=1S/C9H7NO2/c11-5-9-8-2-1-7(12)3-6(8)4-10-9/h1-5,10,12H. The predicted octanol–water partition coefficient (Wildman–Crippen LogP) is 1.69. The summed E-state index contributed by atoms with van der Waals surface area (Å²) in [4.78, 5) is 13.3. The molecule has 2 aromatic rings. The monoisotopic (exact) mass is 161 g/mol. The maximum atomic E-state index is 10.5. The van der Waals surface area contributed by atoms with E-state index in [-0.39, 0.29) is 5.75 Å². The smallest absolute Gasteiger partial charge is 0.166 e. The summed E-state index contributed by atoms with van der Waals surface area (Å²) in [5, 5.41) is 10.8. The van der Waals surface area contributed by atoms with Crippen molar-refractivity contribution in [2.45, 2.75) is 0 Å². The van der Waals surface area contributed by atoms with Crippen LogP contribution in [0, 0.1) is 0 Å². The SMILES string of the molecule is O=Cc1[nH]cc2cc(O)ccc12. The van der Waals surface area contributed by atoms with Crippen molar-refractivity contribution in [3.05, 3.63) is 30.1 Å². The average molecular weight is 161 g/mol. The molecule has 0 aliphatic carbocycles. The van der Waals surface area contributed by atoms with Gasteiger partial charge < -0.3 is 10.1 Å². The van der Waals surface area contributed by atoms with E-state index in [1.54, 1.807) is 24.4 Å². The quantitative estimate of drug-likeness (QED) is 0.625. The molecule has 2 rings (SSSR count). The summed E-state index contributed by atoms with van der Waals surface area (Å²) < 4.78 is 0. The summed E-state index contributed by atoms with van der Waals surface area (Å²) in [6.07, 6.45) is 2.46. The van der Waals surface area contributed by atoms with Crippen LogP contribution in [0.2, 0.25) is 0 Å². The summed E-state index contributed by atoms with van der Waals surface area (Å²) in [6, 6.07) is 4.88. The van der Waals surface area contributed by atoms with Crippen LogP contribution in [0.15, 0.2) is 24.4 Å². The van der Waals surface area contributed by atoms with Crippen LogP contribution in [0.3, 0.4) is 0 Å². The number of carbonyl (C=O) groups excluding carboxylic acids is 1. The number of aromatic hydroxyl groups is 1. The Morgan fingerprint density at radius 3 is 3.00 bits per heavy atom. The van der Waals surface area contributed by atoms with Crippen molar-refractivity contribution < 1.29 is 9.90 Å². The zero-order valence-electron chi connectivity index (χ0n) is 6.24. The van der Waals surface area contributed by atoms with E-state index >= 15 is 0 Å². The van der Waals surface area contributed by atoms with Gasteiger partial charge in [0.05, 0.1) is 5.69 Å². The Hall–Kier alpha value is -1.77. The van der Waals surface area contributed by atoms with Gasteiger partial charge in [-0.25, -0.2) is 0 Å². The second kappa shape index (κ2) is 2.37. The maximum absolute atomic E-state index is 10.5. The Kier molecular flexibility index (Phi) is 1.37. The van der Waals surface area contributed by atoms with E-state index in [4.69, 9.17) is 5.11 Å². The van der Waals surface area contributed by atoms with E-state index in [1.807, 2.05) is 0 Å². The molecular formula is C9H7NO2. The number of aldehydes is 1. The Balaban J connectivity index is 2.81. The predicted molar refractivity (Wildman–Crippen MR) is 45.4 cm³/mol. The largest absolute Gasteiger partial charge is 0.508 e. The van der Waals surface area contributed by atoms with Crippen LogP contribution in [0.1, 0.15) is 10.5 Å². The number of aromatic amines is 1. The molecule has 3 nitrogen and oxygen atoms in total. The van der Waals surface area contributed by atoms with Gasteiger partial charge in [-0.15, -0.1) is 0 Å². The summed E-state index contributed by atoms with van der Waals surface area (Å²) in [5.41, 5.74) is 0.546. The molecule has 0 aliphatic heterocycles. The number of phenolic OH excluding ortho intramolecular Hbond substituents is 1. The number of nitrogens with one attached hydrogen (secondary N) is 1. The van der Waals surface area contributed by atoms with Gasteiger partial charge in [0.2, 0.25) is 0 Å². The molecule has 0 amide bonds. The molecule has 3 heteroatoms. The molecule has 60 valence electrons. The minimum atomic E-state index is 0.207. The normalized spacial score (nSPS) is 10.3. The van der Waals surface area contributed by atoms with E-state index < -0.39 is 0 Å².